The van der Waals surface area contributed by atoms with Crippen molar-refractivity contribution in [2.24, 2.45) is 10.8 Å². The van der Waals surface area contributed by atoms with Gasteiger partial charge in [-0.15, -0.1) is 6.58 Å². The van der Waals surface area contributed by atoms with E-state index in [0.29, 0.717) is 10.8 Å². The molecule has 0 aromatic carbocycles. The summed E-state index contributed by atoms with van der Waals surface area (Å²) in [5, 5.41) is 0. The molecule has 0 aliphatic heterocycles. The van der Waals surface area contributed by atoms with Gasteiger partial charge in [0, 0.05) is 0 Å². The minimum atomic E-state index is 0.464. The third kappa shape index (κ3) is 10.3. The highest BCUT2D eigenvalue weighted by atomic mass is 14.2. The summed E-state index contributed by atoms with van der Waals surface area (Å²) in [5.74, 6) is 0. The second-order valence-electron chi connectivity index (χ2n) is 7.13. The molecule has 16 heavy (non-hydrogen) atoms. The molecule has 0 aliphatic carbocycles. The maximum atomic E-state index is 3.83. The van der Waals surface area contributed by atoms with E-state index in [1.54, 1.807) is 0 Å². The Labute approximate surface area is 104 Å². The Hall–Kier alpha value is -0.260. The highest BCUT2D eigenvalue weighted by molar-refractivity contribution is 4.79. The van der Waals surface area contributed by atoms with Gasteiger partial charge in [0.15, 0.2) is 0 Å². The number of allylic oxidation sites excluding steroid dienone is 1. The fourth-order valence-electron chi connectivity index (χ4n) is 2.11. The van der Waals surface area contributed by atoms with Gasteiger partial charge in [0.1, 0.15) is 0 Å². The van der Waals surface area contributed by atoms with E-state index in [4.69, 9.17) is 0 Å². The van der Waals surface area contributed by atoms with Crippen LogP contribution in [0.5, 0.6) is 0 Å². The van der Waals surface area contributed by atoms with E-state index in [1.165, 1.54) is 38.5 Å². The van der Waals surface area contributed by atoms with E-state index < -0.39 is 0 Å². The summed E-state index contributed by atoms with van der Waals surface area (Å²) >= 11 is 0. The van der Waals surface area contributed by atoms with Crippen molar-refractivity contribution < 1.29 is 0 Å². The molecule has 0 rings (SSSR count). The van der Waals surface area contributed by atoms with Crippen LogP contribution < -0.4 is 0 Å². The summed E-state index contributed by atoms with van der Waals surface area (Å²) in [4.78, 5) is 0. The number of hydrogen-bond acceptors (Lipinski definition) is 0. The monoisotopic (exact) mass is 224 g/mol. The Morgan fingerprint density at radius 3 is 1.75 bits per heavy atom. The first-order valence-electron chi connectivity index (χ1n) is 6.88. The summed E-state index contributed by atoms with van der Waals surface area (Å²) in [5.41, 5.74) is 0.980. The van der Waals surface area contributed by atoms with Gasteiger partial charge in [0.2, 0.25) is 0 Å². The third-order valence-corrected chi connectivity index (χ3v) is 3.23. The topological polar surface area (TPSA) is 0 Å². The minimum Gasteiger partial charge on any atom is -0.103 e. The maximum absolute atomic E-state index is 3.83. The first kappa shape index (κ1) is 15.7. The quantitative estimate of drug-likeness (QED) is 0.351. The van der Waals surface area contributed by atoms with E-state index >= 15 is 0 Å². The molecule has 0 unspecified atom stereocenters. The highest BCUT2D eigenvalue weighted by Crippen LogP contribution is 2.28. The lowest BCUT2D eigenvalue weighted by atomic mass is 9.83. The predicted octanol–water partition coefficient (Wildman–Crippen LogP) is 5.98. The molecule has 0 atom stereocenters. The smallest absolute Gasteiger partial charge is 0.0302 e. The standard InChI is InChI=1S/C16H32/c1-7-12-16(5,6)14-11-9-8-10-13-15(2,3)4/h7H,1,8-14H2,2-6H3. The molecule has 0 heteroatoms. The Morgan fingerprint density at radius 2 is 1.31 bits per heavy atom. The zero-order valence-electron chi connectivity index (χ0n) is 12.2. The van der Waals surface area contributed by atoms with Crippen LogP contribution >= 0.6 is 0 Å². The van der Waals surface area contributed by atoms with E-state index in [1.807, 2.05) is 0 Å². The lowest BCUT2D eigenvalue weighted by molar-refractivity contribution is 0.316. The molecule has 0 nitrogen and oxygen atoms in total. The SMILES string of the molecule is C=CCC(C)(C)CCCCCCC(C)(C)C. The molecule has 0 heterocycles. The van der Waals surface area contributed by atoms with Gasteiger partial charge < -0.3 is 0 Å². The number of hydrogen-bond donors (Lipinski definition) is 0. The van der Waals surface area contributed by atoms with Gasteiger partial charge >= 0.3 is 0 Å². The van der Waals surface area contributed by atoms with Gasteiger partial charge in [-0.1, -0.05) is 66.4 Å². The van der Waals surface area contributed by atoms with Crippen molar-refractivity contribution in [2.75, 3.05) is 0 Å². The average molecular weight is 224 g/mol. The summed E-state index contributed by atoms with van der Waals surface area (Å²) < 4.78 is 0. The van der Waals surface area contributed by atoms with Gasteiger partial charge in [-0.05, 0) is 30.1 Å². The van der Waals surface area contributed by atoms with Gasteiger partial charge in [-0.2, -0.15) is 0 Å². The number of rotatable bonds is 8. The van der Waals surface area contributed by atoms with Crippen molar-refractivity contribution in [3.8, 4) is 0 Å². The minimum absolute atomic E-state index is 0.464. The van der Waals surface area contributed by atoms with Crippen LogP contribution in [-0.4, -0.2) is 0 Å². The van der Waals surface area contributed by atoms with Crippen molar-refractivity contribution in [1.29, 1.82) is 0 Å². The molecule has 0 aromatic rings. The van der Waals surface area contributed by atoms with Crippen molar-refractivity contribution in [1.82, 2.24) is 0 Å². The molecule has 0 radical (unpaired) electrons. The number of unbranched alkanes of at least 4 members (excludes halogenated alkanes) is 3. The Morgan fingerprint density at radius 1 is 0.812 bits per heavy atom. The Bertz CT molecular complexity index is 181. The first-order valence-corrected chi connectivity index (χ1v) is 6.88. The molecule has 0 bridgehead atoms. The van der Waals surface area contributed by atoms with Crippen molar-refractivity contribution in [3.05, 3.63) is 12.7 Å². The summed E-state index contributed by atoms with van der Waals surface area (Å²) in [6.07, 6.45) is 11.5. The van der Waals surface area contributed by atoms with E-state index in [2.05, 4.69) is 47.3 Å². The maximum Gasteiger partial charge on any atom is -0.0302 e. The predicted molar refractivity (Wildman–Crippen MR) is 75.8 cm³/mol. The van der Waals surface area contributed by atoms with Crippen LogP contribution in [0, 0.1) is 10.8 Å². The van der Waals surface area contributed by atoms with Crippen LogP contribution in [-0.2, 0) is 0 Å². The van der Waals surface area contributed by atoms with Crippen molar-refractivity contribution >= 4 is 0 Å². The van der Waals surface area contributed by atoms with E-state index in [0.717, 1.165) is 6.42 Å². The molecule has 0 saturated heterocycles. The summed E-state index contributed by atoms with van der Waals surface area (Å²) in [6.45, 7) is 15.5. The molecule has 0 fully saturated rings. The second-order valence-corrected chi connectivity index (χ2v) is 7.13. The van der Waals surface area contributed by atoms with Crippen LogP contribution in [0.15, 0.2) is 12.7 Å². The molecular formula is C16H32. The highest BCUT2D eigenvalue weighted by Gasteiger charge is 2.15. The van der Waals surface area contributed by atoms with Gasteiger partial charge in [-0.25, -0.2) is 0 Å². The lowest BCUT2D eigenvalue weighted by Crippen LogP contribution is -2.09. The van der Waals surface area contributed by atoms with Crippen molar-refractivity contribution in [2.45, 2.75) is 79.6 Å². The average Bonchev–Trinajstić information content (AvgIpc) is 2.09. The van der Waals surface area contributed by atoms with Crippen LogP contribution in [0.3, 0.4) is 0 Å². The van der Waals surface area contributed by atoms with Gasteiger partial charge in [0.25, 0.3) is 0 Å². The molecule has 0 aliphatic rings. The molecule has 96 valence electrons. The van der Waals surface area contributed by atoms with E-state index in [9.17, 15) is 0 Å². The largest absolute Gasteiger partial charge is 0.103 e. The van der Waals surface area contributed by atoms with Crippen LogP contribution in [0.1, 0.15) is 79.6 Å². The van der Waals surface area contributed by atoms with Gasteiger partial charge in [0.05, 0.1) is 0 Å². The molecule has 0 aromatic heterocycles. The molecule has 0 saturated carbocycles. The van der Waals surface area contributed by atoms with Crippen LogP contribution in [0.25, 0.3) is 0 Å². The molecule has 0 amide bonds. The third-order valence-electron chi connectivity index (χ3n) is 3.23. The summed E-state index contributed by atoms with van der Waals surface area (Å²) in [6, 6.07) is 0. The van der Waals surface area contributed by atoms with Crippen molar-refractivity contribution in [3.63, 3.8) is 0 Å². The Kier molecular flexibility index (Phi) is 7.03. The van der Waals surface area contributed by atoms with Gasteiger partial charge in [-0.3, -0.25) is 0 Å². The first-order chi connectivity index (χ1) is 7.27. The lowest BCUT2D eigenvalue weighted by Gasteiger charge is -2.22. The molecular weight excluding hydrogens is 192 g/mol. The van der Waals surface area contributed by atoms with Crippen LogP contribution in [0.2, 0.25) is 0 Å². The second kappa shape index (κ2) is 7.14. The summed E-state index contributed by atoms with van der Waals surface area (Å²) in [7, 11) is 0. The normalized spacial score (nSPS) is 12.8. The van der Waals surface area contributed by atoms with Crippen LogP contribution in [0.4, 0.5) is 0 Å². The molecule has 0 spiro atoms. The van der Waals surface area contributed by atoms with E-state index in [-0.39, 0.29) is 0 Å². The fraction of sp³-hybridized carbons (Fsp3) is 0.875. The molecule has 0 N–H and O–H groups in total. The fourth-order valence-corrected chi connectivity index (χ4v) is 2.11. The Balaban J connectivity index is 3.43. The zero-order chi connectivity index (χ0) is 12.7. The zero-order valence-corrected chi connectivity index (χ0v) is 12.2.